The summed E-state index contributed by atoms with van der Waals surface area (Å²) in [5.41, 5.74) is 1.75. The quantitative estimate of drug-likeness (QED) is 0.637. The van der Waals surface area contributed by atoms with E-state index < -0.39 is 5.82 Å². The Morgan fingerprint density at radius 3 is 2.68 bits per heavy atom. The van der Waals surface area contributed by atoms with Crippen LogP contribution in [0.3, 0.4) is 0 Å². The average molecular weight is 375 g/mol. The highest BCUT2D eigenvalue weighted by Crippen LogP contribution is 2.36. The lowest BCUT2D eigenvalue weighted by atomic mass is 10.00. The molecule has 0 fully saturated rings. The summed E-state index contributed by atoms with van der Waals surface area (Å²) in [6.07, 6.45) is 1.65. The average Bonchev–Trinajstić information content (AvgIpc) is 2.62. The molecule has 0 aliphatic rings. The third kappa shape index (κ3) is 3.37. The topological polar surface area (TPSA) is 52.8 Å². The summed E-state index contributed by atoms with van der Waals surface area (Å²) in [7, 11) is 1.81. The molecule has 0 bridgehead atoms. The predicted molar refractivity (Wildman–Crippen MR) is 98.5 cm³/mol. The number of hydrogen-bond acceptors (Lipinski definition) is 4. The Kier molecular flexibility index (Phi) is 5.03. The highest BCUT2D eigenvalue weighted by molar-refractivity contribution is 6.42. The van der Waals surface area contributed by atoms with Crippen LogP contribution in [-0.2, 0) is 0 Å². The molecule has 0 N–H and O–H groups in total. The van der Waals surface area contributed by atoms with Gasteiger partial charge in [0, 0.05) is 13.6 Å². The zero-order valence-corrected chi connectivity index (χ0v) is 14.8. The minimum atomic E-state index is -0.434. The summed E-state index contributed by atoms with van der Waals surface area (Å²) in [6.45, 7) is 0.472. The van der Waals surface area contributed by atoms with Crippen LogP contribution >= 0.6 is 23.2 Å². The van der Waals surface area contributed by atoms with Gasteiger partial charge in [0.2, 0.25) is 0 Å². The molecule has 1 heterocycles. The number of halogens is 3. The van der Waals surface area contributed by atoms with Crippen LogP contribution in [-0.4, -0.2) is 23.6 Å². The SMILES string of the molecule is CN(CCC#N)c1ncnc2c(F)ccc(-c3ccc(Cl)c(Cl)c3)c12. The van der Waals surface area contributed by atoms with Crippen molar-refractivity contribution in [1.29, 1.82) is 5.26 Å². The number of aromatic nitrogens is 2. The Hall–Kier alpha value is -2.42. The Morgan fingerprint density at radius 2 is 1.96 bits per heavy atom. The predicted octanol–water partition coefficient (Wildman–Crippen LogP) is 5.09. The molecule has 0 radical (unpaired) electrons. The van der Waals surface area contributed by atoms with Crippen LogP contribution < -0.4 is 4.90 Å². The van der Waals surface area contributed by atoms with E-state index in [4.69, 9.17) is 28.5 Å². The maximum atomic E-state index is 14.3. The Morgan fingerprint density at radius 1 is 1.16 bits per heavy atom. The van der Waals surface area contributed by atoms with E-state index in [1.807, 2.05) is 18.0 Å². The molecule has 0 spiro atoms. The standard InChI is InChI=1S/C18H13Cl2FN4/c1-25(8-2-7-22)18-16-12(11-3-5-13(19)14(20)9-11)4-6-15(21)17(16)23-10-24-18/h3-6,9-10H,2,8H2,1H3. The number of nitrogens with zero attached hydrogens (tertiary/aromatic N) is 4. The van der Waals surface area contributed by atoms with E-state index in [9.17, 15) is 4.39 Å². The molecule has 0 atom stereocenters. The van der Waals surface area contributed by atoms with Gasteiger partial charge < -0.3 is 4.90 Å². The highest BCUT2D eigenvalue weighted by Gasteiger charge is 2.17. The zero-order valence-electron chi connectivity index (χ0n) is 13.3. The molecule has 3 rings (SSSR count). The molecule has 0 saturated carbocycles. The van der Waals surface area contributed by atoms with Gasteiger partial charge in [-0.1, -0.05) is 35.3 Å². The zero-order chi connectivity index (χ0) is 18.0. The summed E-state index contributed by atoms with van der Waals surface area (Å²) in [5, 5.41) is 10.2. The molecule has 0 aliphatic carbocycles. The normalized spacial score (nSPS) is 10.7. The molecule has 2 aromatic carbocycles. The number of fused-ring (bicyclic) bond motifs is 1. The van der Waals surface area contributed by atoms with Gasteiger partial charge in [-0.05, 0) is 29.3 Å². The summed E-state index contributed by atoms with van der Waals surface area (Å²) < 4.78 is 14.3. The molecular formula is C18H13Cl2FN4. The number of hydrogen-bond donors (Lipinski definition) is 0. The second-order valence-electron chi connectivity index (χ2n) is 5.47. The van der Waals surface area contributed by atoms with E-state index in [2.05, 4.69) is 16.0 Å². The van der Waals surface area contributed by atoms with Crippen molar-refractivity contribution in [3.05, 3.63) is 52.5 Å². The van der Waals surface area contributed by atoms with Crippen LogP contribution in [0, 0.1) is 17.1 Å². The van der Waals surface area contributed by atoms with Gasteiger partial charge in [0.15, 0.2) is 0 Å². The fraction of sp³-hybridized carbons (Fsp3) is 0.167. The highest BCUT2D eigenvalue weighted by atomic mass is 35.5. The Bertz CT molecular complexity index is 985. The monoisotopic (exact) mass is 374 g/mol. The first-order valence-corrected chi connectivity index (χ1v) is 8.25. The molecule has 7 heteroatoms. The smallest absolute Gasteiger partial charge is 0.149 e. The van der Waals surface area contributed by atoms with Crippen molar-refractivity contribution in [2.75, 3.05) is 18.5 Å². The summed E-state index contributed by atoms with van der Waals surface area (Å²) in [5.74, 6) is 0.122. The van der Waals surface area contributed by atoms with Crippen molar-refractivity contribution in [2.24, 2.45) is 0 Å². The first-order valence-electron chi connectivity index (χ1n) is 7.49. The van der Waals surface area contributed by atoms with Crippen LogP contribution in [0.25, 0.3) is 22.0 Å². The molecule has 0 saturated heterocycles. The van der Waals surface area contributed by atoms with Gasteiger partial charge in [0.1, 0.15) is 23.5 Å². The number of rotatable bonds is 4. The van der Waals surface area contributed by atoms with Gasteiger partial charge in [-0.25, -0.2) is 14.4 Å². The summed E-state index contributed by atoms with van der Waals surface area (Å²) in [6, 6.07) is 10.4. The van der Waals surface area contributed by atoms with Gasteiger partial charge in [0.25, 0.3) is 0 Å². The van der Waals surface area contributed by atoms with E-state index in [1.165, 1.54) is 12.4 Å². The van der Waals surface area contributed by atoms with Gasteiger partial charge >= 0.3 is 0 Å². The fourth-order valence-corrected chi connectivity index (χ4v) is 2.94. The Labute approximate surface area is 154 Å². The van der Waals surface area contributed by atoms with Crippen LogP contribution in [0.1, 0.15) is 6.42 Å². The summed E-state index contributed by atoms with van der Waals surface area (Å²) >= 11 is 12.1. The van der Waals surface area contributed by atoms with E-state index in [0.717, 1.165) is 11.1 Å². The second kappa shape index (κ2) is 7.22. The molecule has 3 aromatic rings. The molecule has 0 aliphatic heterocycles. The molecule has 1 aromatic heterocycles. The number of nitriles is 1. The minimum absolute atomic E-state index is 0.220. The summed E-state index contributed by atoms with van der Waals surface area (Å²) in [4.78, 5) is 10.2. The van der Waals surface area contributed by atoms with Crippen molar-refractivity contribution in [1.82, 2.24) is 9.97 Å². The van der Waals surface area contributed by atoms with Gasteiger partial charge in [-0.2, -0.15) is 5.26 Å². The lowest BCUT2D eigenvalue weighted by molar-refractivity contribution is 0.636. The van der Waals surface area contributed by atoms with E-state index >= 15 is 0 Å². The molecule has 25 heavy (non-hydrogen) atoms. The molecule has 0 unspecified atom stereocenters. The van der Waals surface area contributed by atoms with Crippen molar-refractivity contribution >= 4 is 39.9 Å². The van der Waals surface area contributed by atoms with Crippen LogP contribution in [0.15, 0.2) is 36.7 Å². The first kappa shape index (κ1) is 17.4. The first-order chi connectivity index (χ1) is 12.0. The third-order valence-corrected chi connectivity index (χ3v) is 4.61. The van der Waals surface area contributed by atoms with E-state index in [0.29, 0.717) is 34.2 Å². The maximum Gasteiger partial charge on any atom is 0.149 e. The van der Waals surface area contributed by atoms with Crippen LogP contribution in [0.2, 0.25) is 10.0 Å². The van der Waals surface area contributed by atoms with Crippen molar-refractivity contribution in [3.63, 3.8) is 0 Å². The third-order valence-electron chi connectivity index (χ3n) is 3.87. The van der Waals surface area contributed by atoms with E-state index in [-0.39, 0.29) is 5.52 Å². The van der Waals surface area contributed by atoms with Gasteiger partial charge in [-0.15, -0.1) is 0 Å². The second-order valence-corrected chi connectivity index (χ2v) is 6.29. The van der Waals surface area contributed by atoms with Crippen LogP contribution in [0.5, 0.6) is 0 Å². The lowest BCUT2D eigenvalue weighted by Crippen LogP contribution is -2.20. The van der Waals surface area contributed by atoms with E-state index in [1.54, 1.807) is 18.2 Å². The molecular weight excluding hydrogens is 362 g/mol. The van der Waals surface area contributed by atoms with Crippen molar-refractivity contribution in [2.45, 2.75) is 6.42 Å². The van der Waals surface area contributed by atoms with Gasteiger partial charge in [-0.3, -0.25) is 0 Å². The molecule has 0 amide bonds. The van der Waals surface area contributed by atoms with Crippen molar-refractivity contribution < 1.29 is 4.39 Å². The van der Waals surface area contributed by atoms with Crippen LogP contribution in [0.4, 0.5) is 10.2 Å². The minimum Gasteiger partial charge on any atom is -0.358 e. The molecule has 4 nitrogen and oxygen atoms in total. The number of anilines is 1. The van der Waals surface area contributed by atoms with Gasteiger partial charge in [0.05, 0.1) is 27.9 Å². The fourth-order valence-electron chi connectivity index (χ4n) is 2.64. The largest absolute Gasteiger partial charge is 0.358 e. The Balaban J connectivity index is 2.27. The maximum absolute atomic E-state index is 14.3. The lowest BCUT2D eigenvalue weighted by Gasteiger charge is -2.20. The number of benzene rings is 2. The molecule has 126 valence electrons. The van der Waals surface area contributed by atoms with Crippen molar-refractivity contribution in [3.8, 4) is 17.2 Å².